The number of nitrogens with one attached hydrogen (secondary N) is 1. The normalized spacial score (nSPS) is 19.6. The van der Waals surface area contributed by atoms with Gasteiger partial charge in [0.15, 0.2) is 11.5 Å². The Bertz CT molecular complexity index is 417. The second-order valence-corrected chi connectivity index (χ2v) is 4.13. The molecule has 2 rings (SSSR count). The van der Waals surface area contributed by atoms with Crippen LogP contribution in [0.2, 0.25) is 0 Å². The van der Waals surface area contributed by atoms with Crippen molar-refractivity contribution in [3.63, 3.8) is 0 Å². The summed E-state index contributed by atoms with van der Waals surface area (Å²) in [5, 5.41) is 2.99. The largest absolute Gasteiger partial charge is 0.493 e. The van der Waals surface area contributed by atoms with Gasteiger partial charge in [0.2, 0.25) is 5.91 Å². The fraction of sp³-hybridized carbons (Fsp3) is 0.462. The van der Waals surface area contributed by atoms with Crippen molar-refractivity contribution in [2.24, 2.45) is 0 Å². The minimum atomic E-state index is 0.0936. The number of ether oxygens (including phenoxy) is 2. The maximum absolute atomic E-state index is 11.4. The number of rotatable bonds is 3. The molecular weight excluding hydrogens is 218 g/mol. The summed E-state index contributed by atoms with van der Waals surface area (Å²) in [4.78, 5) is 11.4. The van der Waals surface area contributed by atoms with Gasteiger partial charge in [-0.15, -0.1) is 0 Å². The van der Waals surface area contributed by atoms with Crippen molar-refractivity contribution in [2.75, 3.05) is 14.2 Å². The molecular formula is C13H17NO3. The van der Waals surface area contributed by atoms with Crippen LogP contribution in [0.3, 0.4) is 0 Å². The molecule has 1 aliphatic rings. The average molecular weight is 235 g/mol. The number of carbonyl (C=O) groups excluding carboxylic acids is 1. The van der Waals surface area contributed by atoms with E-state index in [2.05, 4.69) is 5.32 Å². The lowest BCUT2D eigenvalue weighted by molar-refractivity contribution is -0.123. The Labute approximate surface area is 101 Å². The summed E-state index contributed by atoms with van der Waals surface area (Å²) in [5.74, 6) is 1.53. The van der Waals surface area contributed by atoms with Gasteiger partial charge in [-0.25, -0.2) is 0 Å². The lowest BCUT2D eigenvalue weighted by Crippen LogP contribution is -2.32. The highest BCUT2D eigenvalue weighted by molar-refractivity contribution is 5.77. The van der Waals surface area contributed by atoms with Crippen molar-refractivity contribution in [1.29, 1.82) is 0 Å². The van der Waals surface area contributed by atoms with E-state index in [4.69, 9.17) is 9.47 Å². The first-order valence-corrected chi connectivity index (χ1v) is 5.76. The van der Waals surface area contributed by atoms with Crippen LogP contribution in [-0.4, -0.2) is 20.1 Å². The molecule has 92 valence electrons. The number of carbonyl (C=O) groups is 1. The standard InChI is InChI=1S/C13H17NO3/c1-16-11-7-6-9(8-12(11)17-2)10-4-3-5-13(15)14-10/h6-8,10H,3-5H2,1-2H3,(H,14,15)/t10-/m0/s1. The van der Waals surface area contributed by atoms with Gasteiger partial charge in [0.25, 0.3) is 0 Å². The Balaban J connectivity index is 2.23. The number of piperidine rings is 1. The Morgan fingerprint density at radius 3 is 2.65 bits per heavy atom. The second kappa shape index (κ2) is 5.08. The zero-order chi connectivity index (χ0) is 12.3. The molecule has 0 spiro atoms. The fourth-order valence-electron chi connectivity index (χ4n) is 2.12. The van der Waals surface area contributed by atoms with Crippen molar-refractivity contribution in [3.05, 3.63) is 23.8 Å². The van der Waals surface area contributed by atoms with Gasteiger partial charge in [0, 0.05) is 6.42 Å². The molecule has 17 heavy (non-hydrogen) atoms. The molecule has 1 saturated heterocycles. The van der Waals surface area contributed by atoms with Gasteiger partial charge in [0.1, 0.15) is 0 Å². The molecule has 4 heteroatoms. The number of hydrogen-bond donors (Lipinski definition) is 1. The summed E-state index contributed by atoms with van der Waals surface area (Å²) in [7, 11) is 3.22. The van der Waals surface area contributed by atoms with Crippen molar-refractivity contribution >= 4 is 5.91 Å². The predicted octanol–water partition coefficient (Wildman–Crippen LogP) is 2.04. The third-order valence-electron chi connectivity index (χ3n) is 3.04. The van der Waals surface area contributed by atoms with Gasteiger partial charge in [-0.2, -0.15) is 0 Å². The fourth-order valence-corrected chi connectivity index (χ4v) is 2.12. The maximum atomic E-state index is 11.4. The Hall–Kier alpha value is -1.71. The first-order chi connectivity index (χ1) is 8.24. The molecule has 1 atom stereocenters. The Morgan fingerprint density at radius 2 is 2.00 bits per heavy atom. The van der Waals surface area contributed by atoms with Crippen LogP contribution in [0.4, 0.5) is 0 Å². The zero-order valence-electron chi connectivity index (χ0n) is 10.2. The highest BCUT2D eigenvalue weighted by atomic mass is 16.5. The molecule has 1 amide bonds. The summed E-state index contributed by atoms with van der Waals surface area (Å²) in [6.07, 6.45) is 2.54. The van der Waals surface area contributed by atoms with Gasteiger partial charge < -0.3 is 14.8 Å². The van der Waals surface area contributed by atoms with E-state index in [9.17, 15) is 4.79 Å². The van der Waals surface area contributed by atoms with E-state index >= 15 is 0 Å². The highest BCUT2D eigenvalue weighted by Crippen LogP contribution is 2.32. The summed E-state index contributed by atoms with van der Waals surface area (Å²) >= 11 is 0. The second-order valence-electron chi connectivity index (χ2n) is 4.13. The molecule has 1 heterocycles. The van der Waals surface area contributed by atoms with Crippen molar-refractivity contribution in [1.82, 2.24) is 5.32 Å². The molecule has 0 radical (unpaired) electrons. The van der Waals surface area contributed by atoms with Gasteiger partial charge in [-0.1, -0.05) is 6.07 Å². The first kappa shape index (κ1) is 11.8. The molecule has 4 nitrogen and oxygen atoms in total. The number of benzene rings is 1. The van der Waals surface area contributed by atoms with E-state index in [1.165, 1.54) is 0 Å². The third-order valence-corrected chi connectivity index (χ3v) is 3.04. The van der Waals surface area contributed by atoms with Gasteiger partial charge in [-0.3, -0.25) is 4.79 Å². The van der Waals surface area contributed by atoms with Crippen LogP contribution in [-0.2, 0) is 4.79 Å². The van der Waals surface area contributed by atoms with E-state index in [1.54, 1.807) is 14.2 Å². The van der Waals surface area contributed by atoms with E-state index in [0.29, 0.717) is 17.9 Å². The van der Waals surface area contributed by atoms with E-state index < -0.39 is 0 Å². The molecule has 1 aliphatic heterocycles. The van der Waals surface area contributed by atoms with E-state index in [1.807, 2.05) is 18.2 Å². The summed E-state index contributed by atoms with van der Waals surface area (Å²) < 4.78 is 10.4. The van der Waals surface area contributed by atoms with Crippen LogP contribution in [0, 0.1) is 0 Å². The van der Waals surface area contributed by atoms with Crippen LogP contribution >= 0.6 is 0 Å². The summed E-state index contributed by atoms with van der Waals surface area (Å²) in [6.45, 7) is 0. The number of amides is 1. The maximum Gasteiger partial charge on any atom is 0.220 e. The molecule has 0 aliphatic carbocycles. The van der Waals surface area contributed by atoms with E-state index in [0.717, 1.165) is 18.4 Å². The lowest BCUT2D eigenvalue weighted by Gasteiger charge is -2.24. The molecule has 0 unspecified atom stereocenters. The van der Waals surface area contributed by atoms with Crippen molar-refractivity contribution < 1.29 is 14.3 Å². The molecule has 1 fully saturated rings. The van der Waals surface area contributed by atoms with Gasteiger partial charge >= 0.3 is 0 Å². The minimum absolute atomic E-state index is 0.0936. The van der Waals surface area contributed by atoms with Crippen LogP contribution in [0.25, 0.3) is 0 Å². The molecule has 1 N–H and O–H groups in total. The predicted molar refractivity (Wildman–Crippen MR) is 64.3 cm³/mol. The van der Waals surface area contributed by atoms with E-state index in [-0.39, 0.29) is 11.9 Å². The smallest absolute Gasteiger partial charge is 0.220 e. The van der Waals surface area contributed by atoms with Crippen LogP contribution < -0.4 is 14.8 Å². The molecule has 0 bridgehead atoms. The topological polar surface area (TPSA) is 47.6 Å². The number of hydrogen-bond acceptors (Lipinski definition) is 3. The van der Waals surface area contributed by atoms with Gasteiger partial charge in [0.05, 0.1) is 20.3 Å². The molecule has 1 aromatic rings. The summed E-state index contributed by atoms with van der Waals surface area (Å²) in [6, 6.07) is 5.86. The first-order valence-electron chi connectivity index (χ1n) is 5.76. The zero-order valence-corrected chi connectivity index (χ0v) is 10.2. The Kier molecular flexibility index (Phi) is 3.52. The SMILES string of the molecule is COc1ccc([C@@H]2CCCC(=O)N2)cc1OC. The monoisotopic (exact) mass is 235 g/mol. The molecule has 0 aromatic heterocycles. The van der Waals surface area contributed by atoms with Crippen LogP contribution in [0.1, 0.15) is 30.9 Å². The lowest BCUT2D eigenvalue weighted by atomic mass is 9.97. The van der Waals surface area contributed by atoms with Crippen molar-refractivity contribution in [3.8, 4) is 11.5 Å². The number of methoxy groups -OCH3 is 2. The summed E-state index contributed by atoms with van der Waals surface area (Å²) in [5.41, 5.74) is 1.07. The Morgan fingerprint density at radius 1 is 1.24 bits per heavy atom. The third kappa shape index (κ3) is 2.52. The quantitative estimate of drug-likeness (QED) is 0.872. The molecule has 0 saturated carbocycles. The van der Waals surface area contributed by atoms with Crippen molar-refractivity contribution in [2.45, 2.75) is 25.3 Å². The highest BCUT2D eigenvalue weighted by Gasteiger charge is 2.20. The minimum Gasteiger partial charge on any atom is -0.493 e. The average Bonchev–Trinajstić information content (AvgIpc) is 2.38. The molecule has 1 aromatic carbocycles. The van der Waals surface area contributed by atoms with Crippen LogP contribution in [0.15, 0.2) is 18.2 Å². The van der Waals surface area contributed by atoms with Crippen LogP contribution in [0.5, 0.6) is 11.5 Å². The van der Waals surface area contributed by atoms with Gasteiger partial charge in [-0.05, 0) is 30.5 Å².